The third-order valence-corrected chi connectivity index (χ3v) is 3.99. The molecule has 0 radical (unpaired) electrons. The lowest BCUT2D eigenvalue weighted by Crippen LogP contribution is -2.21. The molecule has 0 unspecified atom stereocenters. The van der Waals surface area contributed by atoms with Crippen molar-refractivity contribution in [2.45, 2.75) is 26.3 Å². The Hall–Kier alpha value is -2.34. The first-order valence-corrected chi connectivity index (χ1v) is 7.94. The summed E-state index contributed by atoms with van der Waals surface area (Å²) >= 11 is 0. The zero-order valence-electron chi connectivity index (χ0n) is 13.3. The van der Waals surface area contributed by atoms with E-state index in [4.69, 9.17) is 4.74 Å². The highest BCUT2D eigenvalue weighted by atomic mass is 16.5. The molecule has 1 aliphatic heterocycles. The van der Waals surface area contributed by atoms with E-state index >= 15 is 0 Å². The summed E-state index contributed by atoms with van der Waals surface area (Å²) in [6, 6.07) is 7.41. The lowest BCUT2D eigenvalue weighted by atomic mass is 10.0. The molecule has 0 spiro atoms. The topological polar surface area (TPSA) is 68.2 Å². The van der Waals surface area contributed by atoms with Gasteiger partial charge in [0, 0.05) is 31.6 Å². The van der Waals surface area contributed by atoms with Crippen molar-refractivity contribution in [1.82, 2.24) is 9.78 Å². The maximum absolute atomic E-state index is 12.0. The smallest absolute Gasteiger partial charge is 0.323 e. The second-order valence-corrected chi connectivity index (χ2v) is 5.95. The van der Waals surface area contributed by atoms with Crippen LogP contribution >= 0.6 is 0 Å². The van der Waals surface area contributed by atoms with Crippen LogP contribution in [0.3, 0.4) is 0 Å². The number of aryl methyl sites for hydroxylation is 1. The monoisotopic (exact) mass is 314 g/mol. The van der Waals surface area contributed by atoms with Crippen molar-refractivity contribution in [3.63, 3.8) is 0 Å². The highest BCUT2D eigenvalue weighted by Crippen LogP contribution is 2.17. The number of ether oxygens (including phenoxy) is 1. The second kappa shape index (κ2) is 7.28. The molecule has 1 aromatic heterocycles. The highest BCUT2D eigenvalue weighted by Gasteiger charge is 2.15. The minimum atomic E-state index is -0.264. The first kappa shape index (κ1) is 15.6. The van der Waals surface area contributed by atoms with Crippen LogP contribution in [0, 0.1) is 12.8 Å². The number of urea groups is 1. The van der Waals surface area contributed by atoms with Gasteiger partial charge in [0.2, 0.25) is 0 Å². The van der Waals surface area contributed by atoms with Crippen molar-refractivity contribution in [3.05, 3.63) is 42.2 Å². The zero-order valence-corrected chi connectivity index (χ0v) is 13.3. The van der Waals surface area contributed by atoms with Gasteiger partial charge in [-0.1, -0.05) is 17.7 Å². The number of amides is 2. The minimum absolute atomic E-state index is 0.264. The molecule has 2 N–H and O–H groups in total. The van der Waals surface area contributed by atoms with Gasteiger partial charge < -0.3 is 15.4 Å². The van der Waals surface area contributed by atoms with E-state index in [1.807, 2.05) is 42.1 Å². The van der Waals surface area contributed by atoms with Crippen molar-refractivity contribution >= 4 is 17.4 Å². The van der Waals surface area contributed by atoms with E-state index in [2.05, 4.69) is 15.7 Å². The van der Waals surface area contributed by atoms with Crippen molar-refractivity contribution in [3.8, 4) is 0 Å². The molecule has 122 valence electrons. The Balaban J connectivity index is 1.51. The van der Waals surface area contributed by atoms with Crippen LogP contribution in [0.5, 0.6) is 0 Å². The van der Waals surface area contributed by atoms with Crippen LogP contribution in [0.4, 0.5) is 16.2 Å². The van der Waals surface area contributed by atoms with Crippen molar-refractivity contribution < 1.29 is 9.53 Å². The molecule has 0 saturated carbocycles. The molecule has 1 aliphatic rings. The molecule has 0 atom stereocenters. The van der Waals surface area contributed by atoms with Gasteiger partial charge >= 0.3 is 6.03 Å². The van der Waals surface area contributed by atoms with E-state index in [-0.39, 0.29) is 6.03 Å². The van der Waals surface area contributed by atoms with Gasteiger partial charge in [-0.2, -0.15) is 5.10 Å². The molecule has 2 amide bonds. The van der Waals surface area contributed by atoms with E-state index in [9.17, 15) is 4.79 Å². The lowest BCUT2D eigenvalue weighted by molar-refractivity contribution is 0.0601. The highest BCUT2D eigenvalue weighted by molar-refractivity contribution is 5.99. The molecular weight excluding hydrogens is 292 g/mol. The summed E-state index contributed by atoms with van der Waals surface area (Å²) in [5.41, 5.74) is 2.62. The molecule has 0 bridgehead atoms. The quantitative estimate of drug-likeness (QED) is 0.910. The minimum Gasteiger partial charge on any atom is -0.381 e. The second-order valence-electron chi connectivity index (χ2n) is 5.95. The molecular formula is C17H22N4O2. The fourth-order valence-electron chi connectivity index (χ4n) is 2.65. The Bertz CT molecular complexity index is 645. The standard InChI is InChI=1S/C17H22N4O2/c1-13-2-4-15(5-3-13)19-17(22)20-16-10-18-21(12-16)11-14-6-8-23-9-7-14/h2-5,10,12,14H,6-9,11H2,1H3,(H2,19,20,22). The number of rotatable bonds is 4. The summed E-state index contributed by atoms with van der Waals surface area (Å²) < 4.78 is 7.25. The summed E-state index contributed by atoms with van der Waals surface area (Å²) in [4.78, 5) is 12.0. The van der Waals surface area contributed by atoms with Gasteiger partial charge in [-0.15, -0.1) is 0 Å². The molecule has 2 heterocycles. The molecule has 1 fully saturated rings. The number of nitrogens with one attached hydrogen (secondary N) is 2. The fraction of sp³-hybridized carbons (Fsp3) is 0.412. The van der Waals surface area contributed by atoms with Gasteiger partial charge in [0.15, 0.2) is 0 Å². The predicted octanol–water partition coefficient (Wildman–Crippen LogP) is 3.26. The summed E-state index contributed by atoms with van der Waals surface area (Å²) in [5.74, 6) is 0.595. The van der Waals surface area contributed by atoms with Gasteiger partial charge in [0.05, 0.1) is 11.9 Å². The van der Waals surface area contributed by atoms with Gasteiger partial charge in [0.1, 0.15) is 0 Å². The molecule has 2 aromatic rings. The number of nitrogens with zero attached hydrogens (tertiary/aromatic N) is 2. The first-order chi connectivity index (χ1) is 11.2. The fourth-order valence-corrected chi connectivity index (χ4v) is 2.65. The number of hydrogen-bond donors (Lipinski definition) is 2. The molecule has 1 saturated heterocycles. The van der Waals surface area contributed by atoms with E-state index in [0.717, 1.165) is 43.9 Å². The van der Waals surface area contributed by atoms with Gasteiger partial charge in [-0.05, 0) is 37.8 Å². The molecule has 0 aliphatic carbocycles. The molecule has 6 nitrogen and oxygen atoms in total. The van der Waals surface area contributed by atoms with Crippen LogP contribution in [-0.4, -0.2) is 29.0 Å². The first-order valence-electron chi connectivity index (χ1n) is 7.94. The zero-order chi connectivity index (χ0) is 16.1. The number of aromatic nitrogens is 2. The molecule has 23 heavy (non-hydrogen) atoms. The lowest BCUT2D eigenvalue weighted by Gasteiger charge is -2.21. The number of hydrogen-bond acceptors (Lipinski definition) is 3. The van der Waals surface area contributed by atoms with Crippen molar-refractivity contribution in [2.75, 3.05) is 23.8 Å². The van der Waals surface area contributed by atoms with Crippen molar-refractivity contribution in [1.29, 1.82) is 0 Å². The van der Waals surface area contributed by atoms with Crippen LogP contribution in [0.2, 0.25) is 0 Å². The number of carbonyl (C=O) groups is 1. The Morgan fingerprint density at radius 2 is 1.91 bits per heavy atom. The van der Waals surface area contributed by atoms with E-state index < -0.39 is 0 Å². The van der Waals surface area contributed by atoms with Crippen LogP contribution in [0.1, 0.15) is 18.4 Å². The number of carbonyl (C=O) groups excluding carboxylic acids is 1. The summed E-state index contributed by atoms with van der Waals surface area (Å²) in [5, 5.41) is 9.92. The predicted molar refractivity (Wildman–Crippen MR) is 89.6 cm³/mol. The van der Waals surface area contributed by atoms with E-state index in [1.165, 1.54) is 0 Å². The van der Waals surface area contributed by atoms with Crippen molar-refractivity contribution in [2.24, 2.45) is 5.92 Å². The third-order valence-electron chi connectivity index (χ3n) is 3.99. The Kier molecular flexibility index (Phi) is 4.92. The summed E-state index contributed by atoms with van der Waals surface area (Å²) in [6.45, 7) is 4.54. The normalized spacial score (nSPS) is 15.3. The van der Waals surface area contributed by atoms with Crippen LogP contribution in [0.15, 0.2) is 36.7 Å². The number of anilines is 2. The van der Waals surface area contributed by atoms with Crippen LogP contribution in [-0.2, 0) is 11.3 Å². The summed E-state index contributed by atoms with van der Waals surface area (Å²) in [6.07, 6.45) is 5.67. The largest absolute Gasteiger partial charge is 0.381 e. The Morgan fingerprint density at radius 3 is 2.65 bits per heavy atom. The van der Waals surface area contributed by atoms with Crippen LogP contribution < -0.4 is 10.6 Å². The summed E-state index contributed by atoms with van der Waals surface area (Å²) in [7, 11) is 0. The average Bonchev–Trinajstić information content (AvgIpc) is 2.97. The number of benzene rings is 1. The maximum atomic E-state index is 12.0. The van der Waals surface area contributed by atoms with Crippen LogP contribution in [0.25, 0.3) is 0 Å². The SMILES string of the molecule is Cc1ccc(NC(=O)Nc2cnn(CC3CCOCC3)c2)cc1. The van der Waals surface area contributed by atoms with Gasteiger partial charge in [-0.25, -0.2) is 4.79 Å². The van der Waals surface area contributed by atoms with Gasteiger partial charge in [0.25, 0.3) is 0 Å². The maximum Gasteiger partial charge on any atom is 0.323 e. The molecule has 3 rings (SSSR count). The molecule has 6 heteroatoms. The van der Waals surface area contributed by atoms with Gasteiger partial charge in [-0.3, -0.25) is 4.68 Å². The average molecular weight is 314 g/mol. The van der Waals surface area contributed by atoms with E-state index in [0.29, 0.717) is 11.6 Å². The van der Waals surface area contributed by atoms with E-state index in [1.54, 1.807) is 6.20 Å². The Morgan fingerprint density at radius 1 is 1.22 bits per heavy atom. The molecule has 1 aromatic carbocycles. The third kappa shape index (κ3) is 4.56. The Labute approximate surface area is 135 Å².